The predicted octanol–water partition coefficient (Wildman–Crippen LogP) is 2.76. The van der Waals surface area contributed by atoms with Crippen LogP contribution in [0.15, 0.2) is 37.1 Å². The van der Waals surface area contributed by atoms with E-state index in [1.54, 1.807) is 6.33 Å². The highest BCUT2D eigenvalue weighted by molar-refractivity contribution is 5.73. The van der Waals surface area contributed by atoms with Gasteiger partial charge in [0.05, 0.1) is 11.8 Å². The van der Waals surface area contributed by atoms with Crippen molar-refractivity contribution in [2.75, 3.05) is 0 Å². The lowest BCUT2D eigenvalue weighted by molar-refractivity contribution is 0.801. The first-order valence-electron chi connectivity index (χ1n) is 6.28. The summed E-state index contributed by atoms with van der Waals surface area (Å²) in [5.41, 5.74) is 4.43. The Kier molecular flexibility index (Phi) is 2.84. The lowest BCUT2D eigenvalue weighted by Gasteiger charge is -2.04. The van der Waals surface area contributed by atoms with Crippen LogP contribution in [0.3, 0.4) is 0 Å². The minimum atomic E-state index is 0.786. The second-order valence-electron chi connectivity index (χ2n) is 4.51. The molecule has 0 unspecified atom stereocenters. The molecule has 92 valence electrons. The number of aromatic amines is 1. The molecule has 18 heavy (non-hydrogen) atoms. The van der Waals surface area contributed by atoms with Crippen molar-refractivity contribution in [2.45, 2.75) is 26.3 Å². The molecule has 3 aromatic rings. The van der Waals surface area contributed by atoms with Crippen molar-refractivity contribution >= 4 is 11.2 Å². The fourth-order valence-corrected chi connectivity index (χ4v) is 2.26. The highest BCUT2D eigenvalue weighted by Gasteiger charge is 2.04. The fraction of sp³-hybridized carbons (Fsp3) is 0.286. The SMILES string of the molecule is CCCc1ccn(Cc2ccnc3nc[nH]c23)c1. The molecule has 3 aromatic heterocycles. The average molecular weight is 240 g/mol. The summed E-state index contributed by atoms with van der Waals surface area (Å²) >= 11 is 0. The van der Waals surface area contributed by atoms with Crippen molar-refractivity contribution < 1.29 is 0 Å². The van der Waals surface area contributed by atoms with E-state index in [4.69, 9.17) is 0 Å². The van der Waals surface area contributed by atoms with E-state index >= 15 is 0 Å². The molecule has 0 amide bonds. The van der Waals surface area contributed by atoms with Gasteiger partial charge < -0.3 is 9.55 Å². The number of imidazole rings is 1. The lowest BCUT2D eigenvalue weighted by Crippen LogP contribution is -1.98. The van der Waals surface area contributed by atoms with Gasteiger partial charge in [0.2, 0.25) is 0 Å². The van der Waals surface area contributed by atoms with E-state index in [9.17, 15) is 0 Å². The zero-order valence-corrected chi connectivity index (χ0v) is 10.4. The number of aromatic nitrogens is 4. The third-order valence-corrected chi connectivity index (χ3v) is 3.12. The molecular weight excluding hydrogens is 224 g/mol. The Morgan fingerprint density at radius 2 is 2.22 bits per heavy atom. The van der Waals surface area contributed by atoms with Gasteiger partial charge in [-0.15, -0.1) is 0 Å². The quantitative estimate of drug-likeness (QED) is 0.762. The molecule has 0 bridgehead atoms. The third kappa shape index (κ3) is 2.01. The van der Waals surface area contributed by atoms with Crippen LogP contribution < -0.4 is 0 Å². The van der Waals surface area contributed by atoms with E-state index in [1.807, 2.05) is 12.3 Å². The lowest BCUT2D eigenvalue weighted by atomic mass is 10.2. The van der Waals surface area contributed by atoms with Crippen molar-refractivity contribution in [2.24, 2.45) is 0 Å². The number of nitrogens with zero attached hydrogens (tertiary/aromatic N) is 3. The Bertz CT molecular complexity index is 650. The molecule has 0 spiro atoms. The summed E-state index contributed by atoms with van der Waals surface area (Å²) in [6, 6.07) is 4.23. The predicted molar refractivity (Wildman–Crippen MR) is 71.4 cm³/mol. The van der Waals surface area contributed by atoms with E-state index in [0.717, 1.165) is 24.1 Å². The van der Waals surface area contributed by atoms with Gasteiger partial charge in [0, 0.05) is 30.7 Å². The molecule has 0 saturated heterocycles. The maximum atomic E-state index is 4.23. The molecule has 0 aromatic carbocycles. The van der Waals surface area contributed by atoms with Crippen LogP contribution in [0.5, 0.6) is 0 Å². The molecule has 3 rings (SSSR count). The van der Waals surface area contributed by atoms with Crippen LogP contribution >= 0.6 is 0 Å². The van der Waals surface area contributed by atoms with E-state index in [2.05, 4.69) is 44.9 Å². The molecule has 4 heteroatoms. The van der Waals surface area contributed by atoms with Crippen LogP contribution in [-0.4, -0.2) is 19.5 Å². The molecule has 0 aliphatic rings. The Balaban J connectivity index is 1.88. The first kappa shape index (κ1) is 11.0. The number of hydrogen-bond acceptors (Lipinski definition) is 2. The van der Waals surface area contributed by atoms with Crippen LogP contribution in [0.1, 0.15) is 24.5 Å². The molecule has 3 heterocycles. The molecule has 0 aliphatic heterocycles. The monoisotopic (exact) mass is 240 g/mol. The van der Waals surface area contributed by atoms with Crippen LogP contribution in [-0.2, 0) is 13.0 Å². The summed E-state index contributed by atoms with van der Waals surface area (Å²) in [4.78, 5) is 11.6. The number of nitrogens with one attached hydrogen (secondary N) is 1. The number of aryl methyl sites for hydroxylation is 1. The summed E-state index contributed by atoms with van der Waals surface area (Å²) < 4.78 is 2.21. The van der Waals surface area contributed by atoms with Gasteiger partial charge in [-0.3, -0.25) is 0 Å². The molecule has 0 saturated carbocycles. The van der Waals surface area contributed by atoms with Gasteiger partial charge in [-0.25, -0.2) is 9.97 Å². The zero-order valence-electron chi connectivity index (χ0n) is 10.4. The standard InChI is InChI=1S/C14H16N4/c1-2-3-11-5-7-18(8-11)9-12-4-6-15-14-13(12)16-10-17-14/h4-8,10H,2-3,9H2,1H3,(H,15,16,17). The average Bonchev–Trinajstić information content (AvgIpc) is 2.99. The third-order valence-electron chi connectivity index (χ3n) is 3.12. The second kappa shape index (κ2) is 4.64. The van der Waals surface area contributed by atoms with Crippen molar-refractivity contribution in [3.05, 3.63) is 48.2 Å². The number of H-pyrrole nitrogens is 1. The van der Waals surface area contributed by atoms with Crippen LogP contribution in [0.2, 0.25) is 0 Å². The van der Waals surface area contributed by atoms with Gasteiger partial charge in [0.25, 0.3) is 0 Å². The minimum Gasteiger partial charge on any atom is -0.350 e. The topological polar surface area (TPSA) is 46.5 Å². The number of fused-ring (bicyclic) bond motifs is 1. The maximum Gasteiger partial charge on any atom is 0.177 e. The van der Waals surface area contributed by atoms with Crippen molar-refractivity contribution in [3.63, 3.8) is 0 Å². The van der Waals surface area contributed by atoms with Gasteiger partial charge in [-0.1, -0.05) is 13.3 Å². The molecule has 0 radical (unpaired) electrons. The molecular formula is C14H16N4. The van der Waals surface area contributed by atoms with Crippen molar-refractivity contribution in [3.8, 4) is 0 Å². The number of rotatable bonds is 4. The Labute approximate surface area is 106 Å². The maximum absolute atomic E-state index is 4.23. The molecule has 1 N–H and O–H groups in total. The molecule has 4 nitrogen and oxygen atoms in total. The number of hydrogen-bond donors (Lipinski definition) is 1. The second-order valence-corrected chi connectivity index (χ2v) is 4.51. The van der Waals surface area contributed by atoms with E-state index in [0.29, 0.717) is 0 Å². The summed E-state index contributed by atoms with van der Waals surface area (Å²) in [7, 11) is 0. The van der Waals surface area contributed by atoms with Gasteiger partial charge >= 0.3 is 0 Å². The summed E-state index contributed by atoms with van der Waals surface area (Å²) in [6.07, 6.45) is 10.2. The normalized spacial score (nSPS) is 11.2. The fourth-order valence-electron chi connectivity index (χ4n) is 2.26. The zero-order chi connectivity index (χ0) is 12.4. The Morgan fingerprint density at radius 1 is 1.28 bits per heavy atom. The highest BCUT2D eigenvalue weighted by Crippen LogP contribution is 2.14. The van der Waals surface area contributed by atoms with Gasteiger partial charge in [-0.05, 0) is 24.1 Å². The van der Waals surface area contributed by atoms with E-state index in [1.165, 1.54) is 17.5 Å². The number of pyridine rings is 1. The van der Waals surface area contributed by atoms with Crippen molar-refractivity contribution in [1.29, 1.82) is 0 Å². The van der Waals surface area contributed by atoms with Crippen LogP contribution in [0.25, 0.3) is 11.2 Å². The molecule has 0 aliphatic carbocycles. The van der Waals surface area contributed by atoms with Gasteiger partial charge in [0.1, 0.15) is 0 Å². The summed E-state index contributed by atoms with van der Waals surface area (Å²) in [5.74, 6) is 0. The van der Waals surface area contributed by atoms with Crippen LogP contribution in [0.4, 0.5) is 0 Å². The highest BCUT2D eigenvalue weighted by atomic mass is 15.0. The van der Waals surface area contributed by atoms with Gasteiger partial charge in [-0.2, -0.15) is 0 Å². The van der Waals surface area contributed by atoms with Crippen LogP contribution in [0, 0.1) is 0 Å². The minimum absolute atomic E-state index is 0.786. The summed E-state index contributed by atoms with van der Waals surface area (Å²) in [5, 5.41) is 0. The van der Waals surface area contributed by atoms with Crippen molar-refractivity contribution in [1.82, 2.24) is 19.5 Å². The largest absolute Gasteiger partial charge is 0.350 e. The van der Waals surface area contributed by atoms with E-state index in [-0.39, 0.29) is 0 Å². The Hall–Kier alpha value is -2.10. The Morgan fingerprint density at radius 3 is 3.11 bits per heavy atom. The summed E-state index contributed by atoms with van der Waals surface area (Å²) in [6.45, 7) is 3.05. The van der Waals surface area contributed by atoms with E-state index < -0.39 is 0 Å². The molecule has 0 fully saturated rings. The first-order valence-corrected chi connectivity index (χ1v) is 6.28. The smallest absolute Gasteiger partial charge is 0.177 e. The first-order chi connectivity index (χ1) is 8.86. The molecule has 0 atom stereocenters. The van der Waals surface area contributed by atoms with Gasteiger partial charge in [0.15, 0.2) is 5.65 Å².